The van der Waals surface area contributed by atoms with Crippen molar-refractivity contribution in [2.45, 2.75) is 6.92 Å². The van der Waals surface area contributed by atoms with Crippen LogP contribution in [0.4, 0.5) is 5.69 Å². The van der Waals surface area contributed by atoms with Crippen molar-refractivity contribution >= 4 is 48.0 Å². The Morgan fingerprint density at radius 2 is 2.38 bits per heavy atom. The maximum absolute atomic E-state index is 11.7. The van der Waals surface area contributed by atoms with Crippen LogP contribution < -0.4 is 5.32 Å². The molecule has 0 radical (unpaired) electrons. The second-order valence-corrected chi connectivity index (χ2v) is 4.50. The molecule has 0 fully saturated rings. The summed E-state index contributed by atoms with van der Waals surface area (Å²) in [6, 6.07) is 1.53. The molecule has 0 aliphatic carbocycles. The van der Waals surface area contributed by atoms with E-state index in [1.54, 1.807) is 20.0 Å². The minimum Gasteiger partial charge on any atom is -0.461 e. The number of hydrogen-bond acceptors (Lipinski definition) is 5. The molecule has 0 aromatic carbocycles. The molecule has 0 aliphatic rings. The van der Waals surface area contributed by atoms with E-state index in [1.807, 2.05) is 0 Å². The fraction of sp³-hybridized carbons (Fsp3) is 0.231. The van der Waals surface area contributed by atoms with Crippen molar-refractivity contribution in [2.24, 2.45) is 9.98 Å². The first kappa shape index (κ1) is 17.1. The van der Waals surface area contributed by atoms with Crippen molar-refractivity contribution in [1.82, 2.24) is 4.98 Å². The first-order chi connectivity index (χ1) is 10.0. The van der Waals surface area contributed by atoms with Crippen molar-refractivity contribution in [3.63, 3.8) is 0 Å². The summed E-state index contributed by atoms with van der Waals surface area (Å²) in [5.41, 5.74) is 0.629. The van der Waals surface area contributed by atoms with Crippen LogP contribution >= 0.6 is 23.8 Å². The molecule has 0 amide bonds. The van der Waals surface area contributed by atoms with E-state index in [0.29, 0.717) is 16.2 Å². The number of H-pyrrole nitrogens is 1. The number of aromatic nitrogens is 1. The van der Waals surface area contributed by atoms with E-state index < -0.39 is 5.97 Å². The number of aliphatic imine (C=N–C) groups is 2. The number of pyridine rings is 1. The van der Waals surface area contributed by atoms with Crippen molar-refractivity contribution in [2.75, 3.05) is 19.0 Å². The lowest BCUT2D eigenvalue weighted by atomic mass is 10.3. The number of rotatable bonds is 5. The molecule has 0 aliphatic heterocycles. The molecule has 0 unspecified atom stereocenters. The second-order valence-electron chi connectivity index (χ2n) is 3.69. The van der Waals surface area contributed by atoms with Crippen molar-refractivity contribution in [3.05, 3.63) is 33.7 Å². The Bertz CT molecular complexity index is 652. The monoisotopic (exact) mass is 326 g/mol. The number of aromatic amines is 1. The Morgan fingerprint density at radius 1 is 1.67 bits per heavy atom. The van der Waals surface area contributed by atoms with Crippen LogP contribution in [0.5, 0.6) is 0 Å². The Hall–Kier alpha value is -1.99. The Kier molecular flexibility index (Phi) is 6.77. The topological polar surface area (TPSA) is 78.8 Å². The molecule has 1 aromatic heterocycles. The van der Waals surface area contributed by atoms with Crippen LogP contribution in [0.3, 0.4) is 0 Å². The van der Waals surface area contributed by atoms with Crippen LogP contribution in [0.1, 0.15) is 17.4 Å². The van der Waals surface area contributed by atoms with Crippen LogP contribution in [0, 0.1) is 4.64 Å². The first-order valence-electron chi connectivity index (χ1n) is 5.99. The first-order valence-corrected chi connectivity index (χ1v) is 6.78. The van der Waals surface area contributed by atoms with Gasteiger partial charge in [0, 0.05) is 13.2 Å². The van der Waals surface area contributed by atoms with Gasteiger partial charge >= 0.3 is 5.97 Å². The maximum Gasteiger partial charge on any atom is 0.356 e. The molecule has 2 N–H and O–H groups in total. The minimum atomic E-state index is -0.555. The minimum absolute atomic E-state index is 0.118. The van der Waals surface area contributed by atoms with Gasteiger partial charge in [-0.25, -0.2) is 4.79 Å². The average Bonchev–Trinajstić information content (AvgIpc) is 2.46. The predicted molar refractivity (Wildman–Crippen MR) is 88.3 cm³/mol. The fourth-order valence-electron chi connectivity index (χ4n) is 1.38. The number of hydrogen-bond donors (Lipinski definition) is 2. The molecule has 0 bridgehead atoms. The van der Waals surface area contributed by atoms with Crippen molar-refractivity contribution in [3.8, 4) is 0 Å². The molecule has 1 heterocycles. The highest BCUT2D eigenvalue weighted by atomic mass is 35.5. The third-order valence-electron chi connectivity index (χ3n) is 2.31. The van der Waals surface area contributed by atoms with Gasteiger partial charge in [-0.15, -0.1) is 0 Å². The maximum atomic E-state index is 11.7. The summed E-state index contributed by atoms with van der Waals surface area (Å²) in [6.07, 6.45) is 3.10. The number of carbonyl (C=O) groups is 1. The lowest BCUT2D eigenvalue weighted by Crippen LogP contribution is -2.12. The quantitative estimate of drug-likeness (QED) is 0.377. The number of esters is 1. The Balaban J connectivity index is 3.09. The van der Waals surface area contributed by atoms with Gasteiger partial charge in [-0.05, 0) is 25.8 Å². The van der Waals surface area contributed by atoms with Gasteiger partial charge in [0.25, 0.3) is 0 Å². The van der Waals surface area contributed by atoms with Crippen molar-refractivity contribution in [1.29, 1.82) is 0 Å². The van der Waals surface area contributed by atoms with Gasteiger partial charge in [0.05, 0.1) is 17.3 Å². The Morgan fingerprint density at radius 3 is 2.95 bits per heavy atom. The van der Waals surface area contributed by atoms with Gasteiger partial charge in [-0.3, -0.25) is 9.98 Å². The van der Waals surface area contributed by atoms with Gasteiger partial charge in [0.2, 0.25) is 0 Å². The molecular weight excluding hydrogens is 312 g/mol. The number of nitrogens with zero attached hydrogens (tertiary/aromatic N) is 2. The van der Waals surface area contributed by atoms with Gasteiger partial charge < -0.3 is 15.0 Å². The second kappa shape index (κ2) is 8.33. The van der Waals surface area contributed by atoms with Crippen LogP contribution in [0.25, 0.3) is 0 Å². The zero-order valence-electron chi connectivity index (χ0n) is 11.6. The third-order valence-corrected chi connectivity index (χ3v) is 2.93. The van der Waals surface area contributed by atoms with Gasteiger partial charge in [0.1, 0.15) is 16.2 Å². The molecule has 0 saturated heterocycles. The number of anilines is 1. The highest BCUT2D eigenvalue weighted by Crippen LogP contribution is 2.21. The molecule has 1 aromatic rings. The fourth-order valence-corrected chi connectivity index (χ4v) is 1.83. The zero-order valence-corrected chi connectivity index (χ0v) is 13.2. The molecule has 8 heteroatoms. The molecule has 112 valence electrons. The standard InChI is InChI=1S/C13H15ClN4O2S/c1-4-20-13(19)11-8(14)7-9(12(21)18-11)17-10(16-3)5-6-15-2/h5-7H,2,4H2,1,3H3,(H,16,17)(H,18,21)/b6-5-. The average molecular weight is 327 g/mol. The summed E-state index contributed by atoms with van der Waals surface area (Å²) in [4.78, 5) is 22.0. The highest BCUT2D eigenvalue weighted by Gasteiger charge is 2.14. The summed E-state index contributed by atoms with van der Waals surface area (Å²) >= 11 is 11.2. The Labute approximate surface area is 132 Å². The molecular formula is C13H15ClN4O2S. The molecule has 6 nitrogen and oxygen atoms in total. The molecule has 0 spiro atoms. The molecule has 0 atom stereocenters. The van der Waals surface area contributed by atoms with Crippen LogP contribution in [-0.2, 0) is 4.74 Å². The summed E-state index contributed by atoms with van der Waals surface area (Å²) in [6.45, 7) is 5.30. The van der Waals surface area contributed by atoms with E-state index in [0.717, 1.165) is 0 Å². The lowest BCUT2D eigenvalue weighted by molar-refractivity contribution is 0.0519. The number of nitrogens with one attached hydrogen (secondary N) is 2. The molecule has 0 saturated carbocycles. The lowest BCUT2D eigenvalue weighted by Gasteiger charge is -2.09. The SMILES string of the molecule is C=N/C=C\C(=NC)Nc1cc(Cl)c(C(=O)OCC)[nH]c1=S. The van der Waals surface area contributed by atoms with E-state index in [2.05, 4.69) is 27.0 Å². The molecule has 21 heavy (non-hydrogen) atoms. The van der Waals surface area contributed by atoms with Crippen LogP contribution in [0.15, 0.2) is 28.3 Å². The summed E-state index contributed by atoms with van der Waals surface area (Å²) < 4.78 is 5.19. The van der Waals surface area contributed by atoms with E-state index in [-0.39, 0.29) is 17.3 Å². The number of halogens is 1. The smallest absolute Gasteiger partial charge is 0.356 e. The molecule has 1 rings (SSSR count). The van der Waals surface area contributed by atoms with Crippen LogP contribution in [-0.4, -0.2) is 37.2 Å². The zero-order chi connectivity index (χ0) is 15.8. The summed E-state index contributed by atoms with van der Waals surface area (Å²) in [7, 11) is 1.61. The van der Waals surface area contributed by atoms with Crippen molar-refractivity contribution < 1.29 is 9.53 Å². The largest absolute Gasteiger partial charge is 0.461 e. The number of carbonyl (C=O) groups excluding carboxylic acids is 1. The number of amidine groups is 1. The van der Waals surface area contributed by atoms with E-state index in [1.165, 1.54) is 12.3 Å². The van der Waals surface area contributed by atoms with E-state index in [4.69, 9.17) is 28.6 Å². The van der Waals surface area contributed by atoms with Crippen LogP contribution in [0.2, 0.25) is 5.02 Å². The summed E-state index contributed by atoms with van der Waals surface area (Å²) in [5.74, 6) is -0.0397. The highest BCUT2D eigenvalue weighted by molar-refractivity contribution is 7.71. The van der Waals surface area contributed by atoms with E-state index in [9.17, 15) is 4.79 Å². The van der Waals surface area contributed by atoms with Gasteiger partial charge in [-0.1, -0.05) is 23.8 Å². The van der Waals surface area contributed by atoms with Gasteiger partial charge in [-0.2, -0.15) is 0 Å². The van der Waals surface area contributed by atoms with Gasteiger partial charge in [0.15, 0.2) is 0 Å². The van der Waals surface area contributed by atoms with E-state index >= 15 is 0 Å². The number of ether oxygens (including phenoxy) is 1. The summed E-state index contributed by atoms with van der Waals surface area (Å²) in [5, 5.41) is 3.17. The normalized spacial score (nSPS) is 11.5. The predicted octanol–water partition coefficient (Wildman–Crippen LogP) is 3.23. The third kappa shape index (κ3) is 4.80.